The maximum atomic E-state index is 12.4. The Morgan fingerprint density at radius 3 is 2.40 bits per heavy atom. The van der Waals surface area contributed by atoms with Gasteiger partial charge in [0, 0.05) is 18.7 Å². The van der Waals surface area contributed by atoms with E-state index in [1.807, 2.05) is 0 Å². The van der Waals surface area contributed by atoms with Crippen LogP contribution in [0.3, 0.4) is 0 Å². The molecule has 2 N–H and O–H groups in total. The predicted octanol–water partition coefficient (Wildman–Crippen LogP) is 1.68. The second-order valence-electron chi connectivity index (χ2n) is 4.08. The molecule has 5 nitrogen and oxygen atoms in total. The summed E-state index contributed by atoms with van der Waals surface area (Å²) in [4.78, 5) is 9.37. The molecular weight excluding hydrogens is 273 g/mol. The van der Waals surface area contributed by atoms with Crippen LogP contribution in [0, 0.1) is 0 Å². The van der Waals surface area contributed by atoms with E-state index >= 15 is 0 Å². The zero-order chi connectivity index (χ0) is 15.2. The Morgan fingerprint density at radius 2 is 1.95 bits per heavy atom. The summed E-state index contributed by atoms with van der Waals surface area (Å²) < 4.78 is 42.3. The third-order valence-corrected chi connectivity index (χ3v) is 2.62. The standard InChI is InChI=1S/C12H17F3N4O/c1-3-9(8-12(13,14)15)10(16)18-11(17-2)19-4-6-20-7-5-19/h3H,1-2,4-8,16H2/b10-9-,18-11+. The van der Waals surface area contributed by atoms with Crippen LogP contribution in [0.25, 0.3) is 0 Å². The number of ether oxygens (including phenoxy) is 1. The van der Waals surface area contributed by atoms with Crippen LogP contribution in [0.2, 0.25) is 0 Å². The maximum Gasteiger partial charge on any atom is 0.393 e. The van der Waals surface area contributed by atoms with Crippen molar-refractivity contribution in [3.63, 3.8) is 0 Å². The summed E-state index contributed by atoms with van der Waals surface area (Å²) in [6.07, 6.45) is -4.50. The van der Waals surface area contributed by atoms with Gasteiger partial charge in [-0.15, -0.1) is 0 Å². The molecule has 112 valence electrons. The summed E-state index contributed by atoms with van der Waals surface area (Å²) >= 11 is 0. The highest BCUT2D eigenvalue weighted by Gasteiger charge is 2.29. The molecule has 0 saturated carbocycles. The van der Waals surface area contributed by atoms with Crippen LogP contribution in [0.4, 0.5) is 13.2 Å². The number of allylic oxidation sites excluding steroid dienone is 2. The Bertz CT molecular complexity index is 423. The molecule has 8 heteroatoms. The van der Waals surface area contributed by atoms with Crippen molar-refractivity contribution in [3.05, 3.63) is 24.0 Å². The van der Waals surface area contributed by atoms with Crippen LogP contribution in [0.5, 0.6) is 0 Å². The number of nitrogens with zero attached hydrogens (tertiary/aromatic N) is 3. The minimum Gasteiger partial charge on any atom is -0.383 e. The van der Waals surface area contributed by atoms with Gasteiger partial charge in [-0.3, -0.25) is 0 Å². The number of hydrogen-bond donors (Lipinski definition) is 1. The van der Waals surface area contributed by atoms with Gasteiger partial charge in [-0.1, -0.05) is 12.7 Å². The number of aliphatic imine (C=N–C) groups is 2. The van der Waals surface area contributed by atoms with Gasteiger partial charge in [0.2, 0.25) is 5.96 Å². The van der Waals surface area contributed by atoms with Crippen molar-refractivity contribution in [2.75, 3.05) is 26.3 Å². The quantitative estimate of drug-likeness (QED) is 0.489. The van der Waals surface area contributed by atoms with Crippen molar-refractivity contribution in [2.45, 2.75) is 12.6 Å². The van der Waals surface area contributed by atoms with Gasteiger partial charge in [0.05, 0.1) is 19.6 Å². The number of alkyl halides is 3. The first kappa shape index (κ1) is 16.2. The van der Waals surface area contributed by atoms with Gasteiger partial charge in [0.25, 0.3) is 0 Å². The highest BCUT2D eigenvalue weighted by Crippen LogP contribution is 2.26. The molecule has 1 rings (SSSR count). The summed E-state index contributed by atoms with van der Waals surface area (Å²) in [6.45, 7) is 8.75. The smallest absolute Gasteiger partial charge is 0.383 e. The highest BCUT2D eigenvalue weighted by atomic mass is 19.4. The van der Waals surface area contributed by atoms with Crippen LogP contribution >= 0.6 is 0 Å². The fourth-order valence-electron chi connectivity index (χ4n) is 1.63. The molecule has 0 aromatic carbocycles. The topological polar surface area (TPSA) is 63.2 Å². The molecule has 0 bridgehead atoms. The number of morpholine rings is 1. The lowest BCUT2D eigenvalue weighted by Crippen LogP contribution is -2.40. The van der Waals surface area contributed by atoms with Gasteiger partial charge in [0.1, 0.15) is 5.82 Å². The third kappa shape index (κ3) is 5.04. The summed E-state index contributed by atoms with van der Waals surface area (Å²) in [5.74, 6) is -0.0708. The minimum absolute atomic E-state index is 0.187. The van der Waals surface area contributed by atoms with E-state index < -0.39 is 12.6 Å². The Hall–Kier alpha value is -1.83. The van der Waals surface area contributed by atoms with Gasteiger partial charge < -0.3 is 15.4 Å². The average Bonchev–Trinajstić information content (AvgIpc) is 2.41. The lowest BCUT2D eigenvalue weighted by molar-refractivity contribution is -0.126. The molecule has 1 saturated heterocycles. The summed E-state index contributed by atoms with van der Waals surface area (Å²) in [7, 11) is 0. The molecule has 0 aliphatic carbocycles. The highest BCUT2D eigenvalue weighted by molar-refractivity contribution is 5.85. The van der Waals surface area contributed by atoms with E-state index in [9.17, 15) is 13.2 Å². The van der Waals surface area contributed by atoms with Gasteiger partial charge in [-0.2, -0.15) is 18.2 Å². The van der Waals surface area contributed by atoms with Crippen LogP contribution in [0.1, 0.15) is 6.42 Å². The molecule has 0 spiro atoms. The van der Waals surface area contributed by atoms with Crippen LogP contribution in [-0.4, -0.2) is 50.1 Å². The van der Waals surface area contributed by atoms with E-state index in [0.717, 1.165) is 6.08 Å². The fourth-order valence-corrected chi connectivity index (χ4v) is 1.63. The van der Waals surface area contributed by atoms with E-state index in [4.69, 9.17) is 10.5 Å². The molecule has 0 unspecified atom stereocenters. The Morgan fingerprint density at radius 1 is 1.35 bits per heavy atom. The molecule has 1 aliphatic rings. The van der Waals surface area contributed by atoms with Crippen molar-refractivity contribution in [2.24, 2.45) is 15.7 Å². The monoisotopic (exact) mass is 290 g/mol. The molecule has 20 heavy (non-hydrogen) atoms. The second-order valence-corrected chi connectivity index (χ2v) is 4.08. The zero-order valence-electron chi connectivity index (χ0n) is 11.0. The Kier molecular flexibility index (Phi) is 5.75. The van der Waals surface area contributed by atoms with Crippen molar-refractivity contribution >= 4 is 12.7 Å². The Balaban J connectivity index is 2.95. The molecule has 0 aromatic heterocycles. The Labute approximate surface area is 115 Å². The summed E-state index contributed by atoms with van der Waals surface area (Å²) in [5.41, 5.74) is 5.41. The largest absolute Gasteiger partial charge is 0.393 e. The van der Waals surface area contributed by atoms with Gasteiger partial charge in [0.15, 0.2) is 0 Å². The van der Waals surface area contributed by atoms with E-state index in [-0.39, 0.29) is 17.4 Å². The fraction of sp³-hybridized carbons (Fsp3) is 0.500. The summed E-state index contributed by atoms with van der Waals surface area (Å²) in [5, 5.41) is 0. The molecule has 1 fully saturated rings. The van der Waals surface area contributed by atoms with Crippen molar-refractivity contribution in [3.8, 4) is 0 Å². The second kappa shape index (κ2) is 7.09. The molecule has 0 radical (unpaired) electrons. The average molecular weight is 290 g/mol. The number of guanidine groups is 1. The van der Waals surface area contributed by atoms with Crippen LogP contribution in [-0.2, 0) is 4.74 Å². The van der Waals surface area contributed by atoms with Crippen molar-refractivity contribution in [1.82, 2.24) is 4.90 Å². The third-order valence-electron chi connectivity index (χ3n) is 2.62. The predicted molar refractivity (Wildman–Crippen MR) is 71.5 cm³/mol. The first-order valence-electron chi connectivity index (χ1n) is 5.93. The number of halogens is 3. The number of rotatable bonds is 3. The number of nitrogens with two attached hydrogens (primary N) is 1. The first-order valence-corrected chi connectivity index (χ1v) is 5.93. The zero-order valence-corrected chi connectivity index (χ0v) is 11.0. The molecule has 0 atom stereocenters. The first-order chi connectivity index (χ1) is 9.37. The van der Waals surface area contributed by atoms with Crippen LogP contribution in [0.15, 0.2) is 34.0 Å². The molecule has 0 aromatic rings. The SMILES string of the molecule is C=C/C(CC(F)(F)F)=C(N)/N=C(\N=C)N1CCOCC1. The number of hydrogen-bond acceptors (Lipinski definition) is 3. The molecular formula is C12H17F3N4O. The van der Waals surface area contributed by atoms with Gasteiger partial charge in [-0.05, 0) is 6.72 Å². The van der Waals surface area contributed by atoms with E-state index in [1.54, 1.807) is 4.90 Å². The van der Waals surface area contributed by atoms with Gasteiger partial charge in [-0.25, -0.2) is 4.99 Å². The maximum absolute atomic E-state index is 12.4. The van der Waals surface area contributed by atoms with E-state index in [0.29, 0.717) is 26.3 Å². The molecule has 0 amide bonds. The van der Waals surface area contributed by atoms with E-state index in [2.05, 4.69) is 23.3 Å². The minimum atomic E-state index is -4.37. The normalized spacial score (nSPS) is 18.6. The lowest BCUT2D eigenvalue weighted by atomic mass is 10.2. The van der Waals surface area contributed by atoms with Crippen LogP contribution < -0.4 is 5.73 Å². The lowest BCUT2D eigenvalue weighted by Gasteiger charge is -2.27. The molecule has 1 heterocycles. The summed E-state index contributed by atoms with van der Waals surface area (Å²) in [6, 6.07) is 0. The van der Waals surface area contributed by atoms with Crippen molar-refractivity contribution < 1.29 is 17.9 Å². The molecule has 1 aliphatic heterocycles. The van der Waals surface area contributed by atoms with E-state index in [1.165, 1.54) is 0 Å². The van der Waals surface area contributed by atoms with Gasteiger partial charge >= 0.3 is 6.18 Å². The van der Waals surface area contributed by atoms with Crippen molar-refractivity contribution in [1.29, 1.82) is 0 Å².